The summed E-state index contributed by atoms with van der Waals surface area (Å²) in [5.41, 5.74) is 6.05. The number of aryl methyl sites for hydroxylation is 1. The molecule has 4 nitrogen and oxygen atoms in total. The number of nitrogens with one attached hydrogen (secondary N) is 1. The first kappa shape index (κ1) is 11.7. The maximum atomic E-state index is 11.7. The second-order valence-electron chi connectivity index (χ2n) is 3.23. The summed E-state index contributed by atoms with van der Waals surface area (Å²) in [6, 6.07) is 1.28. The molecule has 0 fully saturated rings. The van der Waals surface area contributed by atoms with Crippen LogP contribution < -0.4 is 11.1 Å². The average Bonchev–Trinajstić information content (AvgIpc) is 2.64. The average molecular weight is 226 g/mol. The number of primary amides is 1. The highest BCUT2D eigenvalue weighted by Crippen LogP contribution is 2.17. The smallest absolute Gasteiger partial charge is 0.262 e. The Hall–Kier alpha value is -1.36. The summed E-state index contributed by atoms with van der Waals surface area (Å²) in [5.74, 6) is -0.758. The highest BCUT2D eigenvalue weighted by Gasteiger charge is 2.16. The fourth-order valence-electron chi connectivity index (χ4n) is 1.15. The number of amides is 2. The summed E-state index contributed by atoms with van der Waals surface area (Å²) in [7, 11) is 0. The van der Waals surface area contributed by atoms with Gasteiger partial charge in [0.25, 0.3) is 5.91 Å². The summed E-state index contributed by atoms with van der Waals surface area (Å²) in [6.45, 7) is 3.55. The number of carbonyl (C=O) groups is 2. The molecule has 0 spiro atoms. The van der Waals surface area contributed by atoms with E-state index in [0.29, 0.717) is 4.88 Å². The fraction of sp³-hybridized carbons (Fsp3) is 0.400. The van der Waals surface area contributed by atoms with Gasteiger partial charge in [-0.2, -0.15) is 0 Å². The molecule has 1 aromatic heterocycles. The van der Waals surface area contributed by atoms with Crippen LogP contribution in [0.5, 0.6) is 0 Å². The van der Waals surface area contributed by atoms with Crippen LogP contribution in [0.4, 0.5) is 0 Å². The Morgan fingerprint density at radius 2 is 2.27 bits per heavy atom. The van der Waals surface area contributed by atoms with Crippen molar-refractivity contribution < 1.29 is 9.59 Å². The van der Waals surface area contributed by atoms with Crippen LogP contribution in [0.25, 0.3) is 0 Å². The minimum absolute atomic E-state index is 0.229. The first-order valence-electron chi connectivity index (χ1n) is 4.72. The Labute approximate surface area is 92.5 Å². The van der Waals surface area contributed by atoms with E-state index in [4.69, 9.17) is 5.73 Å². The SMILES string of the molecule is CCc1ccsc1C(=O)N[C@@H](C)C(N)=O. The van der Waals surface area contributed by atoms with E-state index in [1.165, 1.54) is 11.3 Å². The van der Waals surface area contributed by atoms with Crippen LogP contribution in [-0.4, -0.2) is 17.9 Å². The lowest BCUT2D eigenvalue weighted by atomic mass is 10.2. The Morgan fingerprint density at radius 1 is 1.60 bits per heavy atom. The molecular formula is C10H14N2O2S. The summed E-state index contributed by atoms with van der Waals surface area (Å²) >= 11 is 1.37. The highest BCUT2D eigenvalue weighted by molar-refractivity contribution is 7.12. The third-order valence-corrected chi connectivity index (χ3v) is 3.06. The number of hydrogen-bond acceptors (Lipinski definition) is 3. The molecule has 0 saturated heterocycles. The van der Waals surface area contributed by atoms with Gasteiger partial charge in [-0.05, 0) is 30.4 Å². The Morgan fingerprint density at radius 3 is 2.80 bits per heavy atom. The van der Waals surface area contributed by atoms with Crippen molar-refractivity contribution in [3.8, 4) is 0 Å². The maximum Gasteiger partial charge on any atom is 0.262 e. The van der Waals surface area contributed by atoms with Gasteiger partial charge < -0.3 is 11.1 Å². The molecule has 3 N–H and O–H groups in total. The lowest BCUT2D eigenvalue weighted by Gasteiger charge is -2.09. The number of nitrogens with two attached hydrogens (primary N) is 1. The van der Waals surface area contributed by atoms with Crippen molar-refractivity contribution in [3.63, 3.8) is 0 Å². The van der Waals surface area contributed by atoms with Crippen LogP contribution >= 0.6 is 11.3 Å². The molecule has 1 atom stereocenters. The van der Waals surface area contributed by atoms with Gasteiger partial charge in [0.2, 0.25) is 5.91 Å². The zero-order valence-corrected chi connectivity index (χ0v) is 9.56. The van der Waals surface area contributed by atoms with Gasteiger partial charge in [0.1, 0.15) is 6.04 Å². The number of thiophene rings is 1. The Balaban J connectivity index is 2.73. The lowest BCUT2D eigenvalue weighted by molar-refractivity contribution is -0.119. The van der Waals surface area contributed by atoms with Crippen LogP contribution in [0.15, 0.2) is 11.4 Å². The Bertz CT molecular complexity index is 373. The van der Waals surface area contributed by atoms with Gasteiger partial charge >= 0.3 is 0 Å². The fourth-order valence-corrected chi connectivity index (χ4v) is 2.04. The van der Waals surface area contributed by atoms with Crippen LogP contribution in [-0.2, 0) is 11.2 Å². The minimum atomic E-state index is -0.635. The monoisotopic (exact) mass is 226 g/mol. The van der Waals surface area contributed by atoms with Crippen molar-refractivity contribution in [2.24, 2.45) is 5.73 Å². The molecule has 0 aliphatic rings. The molecule has 5 heteroatoms. The van der Waals surface area contributed by atoms with Gasteiger partial charge in [0.15, 0.2) is 0 Å². The van der Waals surface area contributed by atoms with E-state index < -0.39 is 11.9 Å². The van der Waals surface area contributed by atoms with Gasteiger partial charge in [-0.25, -0.2) is 0 Å². The normalized spacial score (nSPS) is 12.1. The lowest BCUT2D eigenvalue weighted by Crippen LogP contribution is -2.42. The maximum absolute atomic E-state index is 11.7. The van der Waals surface area contributed by atoms with E-state index in [9.17, 15) is 9.59 Å². The second kappa shape index (κ2) is 4.93. The molecule has 1 heterocycles. The van der Waals surface area contributed by atoms with Crippen molar-refractivity contribution >= 4 is 23.2 Å². The number of hydrogen-bond donors (Lipinski definition) is 2. The van der Waals surface area contributed by atoms with Gasteiger partial charge in [-0.3, -0.25) is 9.59 Å². The highest BCUT2D eigenvalue weighted by atomic mass is 32.1. The summed E-state index contributed by atoms with van der Waals surface area (Å²) in [5, 5.41) is 4.42. The van der Waals surface area contributed by atoms with Gasteiger partial charge in [0, 0.05) is 0 Å². The van der Waals surface area contributed by atoms with E-state index in [-0.39, 0.29) is 5.91 Å². The molecule has 0 bridgehead atoms. The molecule has 0 aliphatic carbocycles. The second-order valence-corrected chi connectivity index (χ2v) is 4.14. The summed E-state index contributed by atoms with van der Waals surface area (Å²) in [6.07, 6.45) is 0.803. The quantitative estimate of drug-likeness (QED) is 0.801. The third kappa shape index (κ3) is 2.79. The van der Waals surface area contributed by atoms with Crippen molar-refractivity contribution in [3.05, 3.63) is 21.9 Å². The van der Waals surface area contributed by atoms with Gasteiger partial charge in [0.05, 0.1) is 4.88 Å². The first-order chi connectivity index (χ1) is 7.06. The van der Waals surface area contributed by atoms with Crippen molar-refractivity contribution in [2.45, 2.75) is 26.3 Å². The number of carbonyl (C=O) groups excluding carboxylic acids is 2. The topological polar surface area (TPSA) is 72.2 Å². The van der Waals surface area contributed by atoms with Crippen LogP contribution in [0.2, 0.25) is 0 Å². The summed E-state index contributed by atoms with van der Waals surface area (Å²) < 4.78 is 0. The predicted molar refractivity (Wildman–Crippen MR) is 59.8 cm³/mol. The minimum Gasteiger partial charge on any atom is -0.368 e. The molecule has 2 amide bonds. The van der Waals surface area contributed by atoms with E-state index in [1.54, 1.807) is 6.92 Å². The van der Waals surface area contributed by atoms with E-state index in [1.807, 2.05) is 18.4 Å². The van der Waals surface area contributed by atoms with Gasteiger partial charge in [-0.1, -0.05) is 6.92 Å². The molecule has 0 radical (unpaired) electrons. The standard InChI is InChI=1S/C10H14N2O2S/c1-3-7-4-5-15-8(7)10(14)12-6(2)9(11)13/h4-6H,3H2,1-2H3,(H2,11,13)(H,12,14)/t6-/m0/s1. The zero-order valence-electron chi connectivity index (χ0n) is 8.74. The number of rotatable bonds is 4. The van der Waals surface area contributed by atoms with E-state index in [0.717, 1.165) is 12.0 Å². The van der Waals surface area contributed by atoms with Crippen LogP contribution in [0.3, 0.4) is 0 Å². The molecule has 0 saturated carbocycles. The molecule has 1 rings (SSSR count). The van der Waals surface area contributed by atoms with E-state index in [2.05, 4.69) is 5.32 Å². The molecule has 82 valence electrons. The van der Waals surface area contributed by atoms with E-state index >= 15 is 0 Å². The molecule has 0 aliphatic heterocycles. The Kier molecular flexibility index (Phi) is 3.85. The predicted octanol–water partition coefficient (Wildman–Crippen LogP) is 0.914. The molecule has 15 heavy (non-hydrogen) atoms. The van der Waals surface area contributed by atoms with Crippen LogP contribution in [0.1, 0.15) is 29.1 Å². The molecular weight excluding hydrogens is 212 g/mol. The summed E-state index contributed by atoms with van der Waals surface area (Å²) in [4.78, 5) is 23.1. The molecule has 0 unspecified atom stereocenters. The molecule has 1 aromatic rings. The van der Waals surface area contributed by atoms with Crippen molar-refractivity contribution in [2.75, 3.05) is 0 Å². The van der Waals surface area contributed by atoms with Gasteiger partial charge in [-0.15, -0.1) is 11.3 Å². The largest absolute Gasteiger partial charge is 0.368 e. The zero-order chi connectivity index (χ0) is 11.4. The van der Waals surface area contributed by atoms with Crippen molar-refractivity contribution in [1.29, 1.82) is 0 Å². The molecule has 0 aromatic carbocycles. The van der Waals surface area contributed by atoms with Crippen LogP contribution in [0, 0.1) is 0 Å². The van der Waals surface area contributed by atoms with Crippen molar-refractivity contribution in [1.82, 2.24) is 5.32 Å². The third-order valence-electron chi connectivity index (χ3n) is 2.11. The first-order valence-corrected chi connectivity index (χ1v) is 5.60.